The van der Waals surface area contributed by atoms with Crippen molar-refractivity contribution in [2.24, 2.45) is 0 Å². The van der Waals surface area contributed by atoms with Gasteiger partial charge in [-0.15, -0.1) is 0 Å². The van der Waals surface area contributed by atoms with Crippen molar-refractivity contribution in [3.05, 3.63) is 29.8 Å². The van der Waals surface area contributed by atoms with Crippen LogP contribution in [-0.2, 0) is 14.9 Å². The molecule has 3 N–H and O–H groups in total. The number of anilines is 1. The highest BCUT2D eigenvalue weighted by Gasteiger charge is 2.17. The highest BCUT2D eigenvalue weighted by molar-refractivity contribution is 7.86. The normalized spacial score (nSPS) is 11.1. The van der Waals surface area contributed by atoms with Crippen LogP contribution < -0.4 is 5.73 Å². The standard InChI is InChI=1S/C10H11NO5S/c11-8-3-1-2-7(4-8)10(13)5-9(12)6-17(14,15)16/h1-4H,5-6,11H2,(H,14,15,16). The Labute approximate surface area is 98.2 Å². The van der Waals surface area contributed by atoms with Gasteiger partial charge in [-0.2, -0.15) is 8.42 Å². The number of Topliss-reactive ketones (excluding diaryl/α,β-unsaturated/α-hetero) is 2. The van der Waals surface area contributed by atoms with E-state index in [0.29, 0.717) is 5.69 Å². The molecule has 0 heterocycles. The van der Waals surface area contributed by atoms with Gasteiger partial charge < -0.3 is 5.73 Å². The lowest BCUT2D eigenvalue weighted by Crippen LogP contribution is -2.18. The Kier molecular flexibility index (Phi) is 3.97. The van der Waals surface area contributed by atoms with Gasteiger partial charge in [-0.1, -0.05) is 12.1 Å². The summed E-state index contributed by atoms with van der Waals surface area (Å²) in [7, 11) is -4.39. The van der Waals surface area contributed by atoms with E-state index in [9.17, 15) is 18.0 Å². The number of hydrogen-bond donors (Lipinski definition) is 2. The molecule has 0 radical (unpaired) electrons. The van der Waals surface area contributed by atoms with Crippen molar-refractivity contribution in [2.45, 2.75) is 6.42 Å². The van der Waals surface area contributed by atoms with Gasteiger partial charge in [-0.25, -0.2) is 0 Å². The monoisotopic (exact) mass is 257 g/mol. The van der Waals surface area contributed by atoms with Crippen LogP contribution in [0.25, 0.3) is 0 Å². The summed E-state index contributed by atoms with van der Waals surface area (Å²) < 4.78 is 29.3. The Morgan fingerprint density at radius 1 is 1.29 bits per heavy atom. The molecule has 6 nitrogen and oxygen atoms in total. The fourth-order valence-corrected chi connectivity index (χ4v) is 1.76. The maximum Gasteiger partial charge on any atom is 0.272 e. The largest absolute Gasteiger partial charge is 0.399 e. The quantitative estimate of drug-likeness (QED) is 0.339. The minimum atomic E-state index is -4.39. The van der Waals surface area contributed by atoms with Gasteiger partial charge in [0.1, 0.15) is 5.75 Å². The predicted octanol–water partition coefficient (Wildman–Crippen LogP) is 0.298. The second-order valence-corrected chi connectivity index (χ2v) is 4.94. The van der Waals surface area contributed by atoms with Gasteiger partial charge in [0.25, 0.3) is 10.1 Å². The third kappa shape index (κ3) is 4.75. The van der Waals surface area contributed by atoms with E-state index in [2.05, 4.69) is 0 Å². The minimum Gasteiger partial charge on any atom is -0.399 e. The van der Waals surface area contributed by atoms with E-state index in [1.165, 1.54) is 12.1 Å². The van der Waals surface area contributed by atoms with E-state index in [0.717, 1.165) is 0 Å². The first-order valence-electron chi connectivity index (χ1n) is 4.63. The summed E-state index contributed by atoms with van der Waals surface area (Å²) >= 11 is 0. The fraction of sp³-hybridized carbons (Fsp3) is 0.200. The lowest BCUT2D eigenvalue weighted by Gasteiger charge is -2.01. The summed E-state index contributed by atoms with van der Waals surface area (Å²) in [4.78, 5) is 22.7. The average molecular weight is 257 g/mol. The molecule has 0 atom stereocenters. The molecule has 0 aliphatic rings. The Bertz CT molecular complexity index is 550. The lowest BCUT2D eigenvalue weighted by molar-refractivity contribution is -0.115. The number of nitrogen functional groups attached to an aromatic ring is 1. The van der Waals surface area contributed by atoms with Crippen LogP contribution >= 0.6 is 0 Å². The predicted molar refractivity (Wildman–Crippen MR) is 61.2 cm³/mol. The van der Waals surface area contributed by atoms with Crippen molar-refractivity contribution in [3.8, 4) is 0 Å². The van der Waals surface area contributed by atoms with E-state index in [4.69, 9.17) is 10.3 Å². The number of ketones is 2. The van der Waals surface area contributed by atoms with Crippen LogP contribution in [0.2, 0.25) is 0 Å². The first-order chi connectivity index (χ1) is 7.78. The van der Waals surface area contributed by atoms with Crippen molar-refractivity contribution in [2.75, 3.05) is 11.5 Å². The van der Waals surface area contributed by atoms with Gasteiger partial charge in [0.2, 0.25) is 0 Å². The molecule has 7 heteroatoms. The zero-order chi connectivity index (χ0) is 13.1. The molecule has 0 aliphatic heterocycles. The third-order valence-electron chi connectivity index (χ3n) is 1.91. The van der Waals surface area contributed by atoms with Crippen molar-refractivity contribution in [1.29, 1.82) is 0 Å². The molecule has 0 aromatic heterocycles. The number of nitrogens with two attached hydrogens (primary N) is 1. The molecule has 0 unspecified atom stereocenters. The molecule has 1 rings (SSSR count). The highest BCUT2D eigenvalue weighted by atomic mass is 32.2. The molecule has 92 valence electrons. The van der Waals surface area contributed by atoms with E-state index in [1.807, 2.05) is 0 Å². The Hall–Kier alpha value is -1.73. The third-order valence-corrected chi connectivity index (χ3v) is 2.60. The average Bonchev–Trinajstić information content (AvgIpc) is 2.14. The van der Waals surface area contributed by atoms with Gasteiger partial charge in [-0.05, 0) is 12.1 Å². The molecular weight excluding hydrogens is 246 g/mol. The number of rotatable bonds is 5. The first-order valence-corrected chi connectivity index (χ1v) is 6.24. The summed E-state index contributed by atoms with van der Waals surface area (Å²) in [6.45, 7) is 0. The fourth-order valence-electron chi connectivity index (χ4n) is 1.25. The van der Waals surface area contributed by atoms with Crippen LogP contribution in [0.3, 0.4) is 0 Å². The smallest absolute Gasteiger partial charge is 0.272 e. The topological polar surface area (TPSA) is 115 Å². The van der Waals surface area contributed by atoms with E-state index < -0.39 is 33.9 Å². The zero-order valence-electron chi connectivity index (χ0n) is 8.79. The van der Waals surface area contributed by atoms with Gasteiger partial charge in [0, 0.05) is 11.3 Å². The molecule has 0 saturated carbocycles. The summed E-state index contributed by atoms with van der Waals surface area (Å²) in [5, 5.41) is 0. The van der Waals surface area contributed by atoms with Gasteiger partial charge in [0.05, 0.1) is 6.42 Å². The Morgan fingerprint density at radius 3 is 2.47 bits per heavy atom. The van der Waals surface area contributed by atoms with Crippen LogP contribution in [0.15, 0.2) is 24.3 Å². The number of carbonyl (C=O) groups excluding carboxylic acids is 2. The van der Waals surface area contributed by atoms with Crippen LogP contribution in [0.4, 0.5) is 5.69 Å². The van der Waals surface area contributed by atoms with Crippen molar-refractivity contribution < 1.29 is 22.6 Å². The van der Waals surface area contributed by atoms with Crippen LogP contribution in [0.1, 0.15) is 16.8 Å². The van der Waals surface area contributed by atoms with Gasteiger partial charge in [0.15, 0.2) is 11.6 Å². The van der Waals surface area contributed by atoms with Crippen molar-refractivity contribution in [1.82, 2.24) is 0 Å². The summed E-state index contributed by atoms with van der Waals surface area (Å²) in [5.74, 6) is -2.45. The van der Waals surface area contributed by atoms with Crippen molar-refractivity contribution >= 4 is 27.4 Å². The molecule has 0 fully saturated rings. The van der Waals surface area contributed by atoms with Crippen LogP contribution in [-0.4, -0.2) is 30.3 Å². The first kappa shape index (κ1) is 13.3. The molecule has 0 bridgehead atoms. The van der Waals surface area contributed by atoms with Gasteiger partial charge >= 0.3 is 0 Å². The van der Waals surface area contributed by atoms with E-state index in [-0.39, 0.29) is 5.56 Å². The maximum absolute atomic E-state index is 11.5. The van der Waals surface area contributed by atoms with Gasteiger partial charge in [-0.3, -0.25) is 14.1 Å². The molecule has 0 spiro atoms. The molecule has 1 aromatic rings. The second-order valence-electron chi connectivity index (χ2n) is 3.49. The lowest BCUT2D eigenvalue weighted by atomic mass is 10.1. The molecule has 0 saturated heterocycles. The Morgan fingerprint density at radius 2 is 1.94 bits per heavy atom. The van der Waals surface area contributed by atoms with E-state index >= 15 is 0 Å². The minimum absolute atomic E-state index is 0.230. The van der Waals surface area contributed by atoms with Crippen molar-refractivity contribution in [3.63, 3.8) is 0 Å². The molecular formula is C10H11NO5S. The summed E-state index contributed by atoms with van der Waals surface area (Å²) in [6.07, 6.45) is -0.580. The summed E-state index contributed by atoms with van der Waals surface area (Å²) in [5.41, 5.74) is 6.06. The molecule has 0 aliphatic carbocycles. The van der Waals surface area contributed by atoms with Crippen LogP contribution in [0, 0.1) is 0 Å². The molecule has 1 aromatic carbocycles. The highest BCUT2D eigenvalue weighted by Crippen LogP contribution is 2.09. The maximum atomic E-state index is 11.5. The second kappa shape index (κ2) is 5.07. The molecule has 17 heavy (non-hydrogen) atoms. The Balaban J connectivity index is 2.71. The number of carbonyl (C=O) groups is 2. The zero-order valence-corrected chi connectivity index (χ0v) is 9.61. The summed E-state index contributed by atoms with van der Waals surface area (Å²) in [6, 6.07) is 6.00. The van der Waals surface area contributed by atoms with Crippen LogP contribution in [0.5, 0.6) is 0 Å². The number of hydrogen-bond acceptors (Lipinski definition) is 5. The molecule has 0 amide bonds. The number of benzene rings is 1. The van der Waals surface area contributed by atoms with E-state index in [1.54, 1.807) is 12.1 Å². The SMILES string of the molecule is Nc1cccc(C(=O)CC(=O)CS(=O)(=O)O)c1.